The monoisotopic (exact) mass is 318 g/mol. The SMILES string of the molecule is CCCC(=O)O[C@@H]1C[C@H]2[C@H](CC23OCCO3)[C@H]1Br. The van der Waals surface area contributed by atoms with Crippen molar-refractivity contribution in [2.75, 3.05) is 13.2 Å². The topological polar surface area (TPSA) is 44.8 Å². The van der Waals surface area contributed by atoms with Crippen LogP contribution in [0.4, 0.5) is 0 Å². The molecule has 1 spiro atoms. The van der Waals surface area contributed by atoms with Crippen molar-refractivity contribution in [2.45, 2.75) is 49.3 Å². The quantitative estimate of drug-likeness (QED) is 0.591. The summed E-state index contributed by atoms with van der Waals surface area (Å²) in [5.74, 6) is 0.449. The fourth-order valence-electron chi connectivity index (χ4n) is 3.48. The Kier molecular flexibility index (Phi) is 3.41. The number of esters is 1. The van der Waals surface area contributed by atoms with Crippen LogP contribution >= 0.6 is 15.9 Å². The highest BCUT2D eigenvalue weighted by molar-refractivity contribution is 9.09. The van der Waals surface area contributed by atoms with E-state index in [1.54, 1.807) is 0 Å². The standard InChI is InChI=1S/C13H19BrO4/c1-2-3-11(15)18-10-6-9-8(12(10)14)7-13(9)16-4-5-17-13/h8-10,12H,2-7H2,1H3/t8-,9-,10+,12+/m0/s1. The molecule has 5 heteroatoms. The fraction of sp³-hybridized carbons (Fsp3) is 0.923. The molecule has 1 heterocycles. The molecule has 0 amide bonds. The third-order valence-electron chi connectivity index (χ3n) is 4.37. The molecule has 0 unspecified atom stereocenters. The molecular weight excluding hydrogens is 300 g/mol. The van der Waals surface area contributed by atoms with Gasteiger partial charge in [0.15, 0.2) is 5.79 Å². The summed E-state index contributed by atoms with van der Waals surface area (Å²) < 4.78 is 17.1. The first-order valence-electron chi connectivity index (χ1n) is 6.78. The summed E-state index contributed by atoms with van der Waals surface area (Å²) >= 11 is 3.68. The molecular formula is C13H19BrO4. The van der Waals surface area contributed by atoms with Gasteiger partial charge in [0.1, 0.15) is 6.10 Å². The predicted octanol–water partition coefficient (Wildman–Crippen LogP) is 2.24. The predicted molar refractivity (Wildman–Crippen MR) is 68.4 cm³/mol. The average molecular weight is 319 g/mol. The van der Waals surface area contributed by atoms with Gasteiger partial charge in [-0.05, 0) is 18.8 Å². The Bertz CT molecular complexity index is 340. The van der Waals surface area contributed by atoms with Crippen molar-refractivity contribution in [3.63, 3.8) is 0 Å². The zero-order valence-corrected chi connectivity index (χ0v) is 12.1. The Morgan fingerprint density at radius 3 is 2.83 bits per heavy atom. The van der Waals surface area contributed by atoms with Crippen molar-refractivity contribution in [3.8, 4) is 0 Å². The molecule has 0 bridgehead atoms. The molecule has 4 nitrogen and oxygen atoms in total. The number of halogens is 1. The molecule has 3 aliphatic rings. The molecule has 2 saturated carbocycles. The largest absolute Gasteiger partial charge is 0.461 e. The number of fused-ring (bicyclic) bond motifs is 2. The Labute approximate surface area is 115 Å². The summed E-state index contributed by atoms with van der Waals surface area (Å²) in [6.07, 6.45) is 3.10. The first-order chi connectivity index (χ1) is 8.66. The van der Waals surface area contributed by atoms with Crippen LogP contribution < -0.4 is 0 Å². The number of rotatable bonds is 3. The highest BCUT2D eigenvalue weighted by Gasteiger charge is 2.65. The van der Waals surface area contributed by atoms with Crippen LogP contribution in [0.25, 0.3) is 0 Å². The molecule has 3 fully saturated rings. The van der Waals surface area contributed by atoms with Crippen molar-refractivity contribution in [2.24, 2.45) is 11.8 Å². The second kappa shape index (κ2) is 4.76. The minimum Gasteiger partial charge on any atom is -0.461 e. The van der Waals surface area contributed by atoms with Crippen molar-refractivity contribution in [1.29, 1.82) is 0 Å². The summed E-state index contributed by atoms with van der Waals surface area (Å²) in [5, 5.41) is 0. The van der Waals surface area contributed by atoms with E-state index in [1.807, 2.05) is 6.92 Å². The van der Waals surface area contributed by atoms with E-state index in [0.717, 1.165) is 19.3 Å². The number of hydrogen-bond acceptors (Lipinski definition) is 4. The molecule has 102 valence electrons. The molecule has 2 aliphatic carbocycles. The minimum atomic E-state index is -0.359. The van der Waals surface area contributed by atoms with E-state index in [9.17, 15) is 4.79 Å². The van der Waals surface area contributed by atoms with Gasteiger partial charge in [-0.1, -0.05) is 22.9 Å². The van der Waals surface area contributed by atoms with Gasteiger partial charge in [0.2, 0.25) is 0 Å². The molecule has 0 aromatic rings. The fourth-order valence-corrected chi connectivity index (χ4v) is 4.36. The molecule has 1 saturated heterocycles. The summed E-state index contributed by atoms with van der Waals surface area (Å²) in [4.78, 5) is 11.8. The lowest BCUT2D eigenvalue weighted by atomic mass is 9.70. The maximum absolute atomic E-state index is 11.6. The molecule has 0 N–H and O–H groups in total. The third-order valence-corrected chi connectivity index (χ3v) is 5.63. The first-order valence-corrected chi connectivity index (χ1v) is 7.69. The second-order valence-corrected chi connectivity index (χ2v) is 6.50. The van der Waals surface area contributed by atoms with E-state index < -0.39 is 0 Å². The van der Waals surface area contributed by atoms with Gasteiger partial charge in [0.05, 0.1) is 18.0 Å². The van der Waals surface area contributed by atoms with E-state index in [2.05, 4.69) is 15.9 Å². The van der Waals surface area contributed by atoms with Crippen LogP contribution in [0.3, 0.4) is 0 Å². The van der Waals surface area contributed by atoms with Gasteiger partial charge in [-0.15, -0.1) is 0 Å². The number of carbonyl (C=O) groups is 1. The zero-order valence-electron chi connectivity index (χ0n) is 10.6. The molecule has 0 aromatic carbocycles. The van der Waals surface area contributed by atoms with Gasteiger partial charge in [0.25, 0.3) is 0 Å². The van der Waals surface area contributed by atoms with Crippen molar-refractivity contribution < 1.29 is 19.0 Å². The van der Waals surface area contributed by atoms with Crippen LogP contribution in [0, 0.1) is 11.8 Å². The molecule has 0 radical (unpaired) electrons. The first kappa shape index (κ1) is 12.9. The number of hydrogen-bond donors (Lipinski definition) is 0. The van der Waals surface area contributed by atoms with Crippen LogP contribution in [0.2, 0.25) is 0 Å². The Morgan fingerprint density at radius 1 is 1.44 bits per heavy atom. The molecule has 1 aliphatic heterocycles. The maximum Gasteiger partial charge on any atom is 0.306 e. The summed E-state index contributed by atoms with van der Waals surface area (Å²) in [6, 6.07) is 0. The van der Waals surface area contributed by atoms with Gasteiger partial charge in [-0.25, -0.2) is 0 Å². The molecule has 18 heavy (non-hydrogen) atoms. The lowest BCUT2D eigenvalue weighted by molar-refractivity contribution is -0.266. The minimum absolute atomic E-state index is 0.0220. The van der Waals surface area contributed by atoms with Crippen LogP contribution in [0.15, 0.2) is 0 Å². The number of alkyl halides is 1. The molecule has 0 aromatic heterocycles. The Balaban J connectivity index is 1.61. The lowest BCUT2D eigenvalue weighted by Gasteiger charge is -2.48. The summed E-state index contributed by atoms with van der Waals surface area (Å²) in [6.45, 7) is 3.37. The average Bonchev–Trinajstić information content (AvgIpc) is 2.89. The van der Waals surface area contributed by atoms with Gasteiger partial charge >= 0.3 is 5.97 Å². The van der Waals surface area contributed by atoms with Crippen molar-refractivity contribution in [3.05, 3.63) is 0 Å². The van der Waals surface area contributed by atoms with Crippen LogP contribution in [-0.4, -0.2) is 35.9 Å². The van der Waals surface area contributed by atoms with Gasteiger partial charge in [0, 0.05) is 18.8 Å². The van der Waals surface area contributed by atoms with Crippen LogP contribution in [0.1, 0.15) is 32.6 Å². The van der Waals surface area contributed by atoms with Gasteiger partial charge < -0.3 is 14.2 Å². The van der Waals surface area contributed by atoms with E-state index in [0.29, 0.717) is 31.5 Å². The maximum atomic E-state index is 11.6. The van der Waals surface area contributed by atoms with Gasteiger partial charge in [-0.3, -0.25) is 4.79 Å². The van der Waals surface area contributed by atoms with E-state index in [4.69, 9.17) is 14.2 Å². The van der Waals surface area contributed by atoms with Crippen LogP contribution in [0.5, 0.6) is 0 Å². The van der Waals surface area contributed by atoms with Crippen molar-refractivity contribution in [1.82, 2.24) is 0 Å². The van der Waals surface area contributed by atoms with E-state index in [1.165, 1.54) is 0 Å². The lowest BCUT2D eigenvalue weighted by Crippen LogP contribution is -2.54. The zero-order chi connectivity index (χ0) is 12.8. The number of ether oxygens (including phenoxy) is 3. The smallest absolute Gasteiger partial charge is 0.306 e. The van der Waals surface area contributed by atoms with E-state index >= 15 is 0 Å². The van der Waals surface area contributed by atoms with Gasteiger partial charge in [-0.2, -0.15) is 0 Å². The Morgan fingerprint density at radius 2 is 2.17 bits per heavy atom. The third kappa shape index (κ3) is 1.91. The summed E-state index contributed by atoms with van der Waals surface area (Å²) in [7, 11) is 0. The molecule has 3 rings (SSSR count). The normalized spacial score (nSPS) is 40.6. The van der Waals surface area contributed by atoms with Crippen molar-refractivity contribution >= 4 is 21.9 Å². The highest BCUT2D eigenvalue weighted by atomic mass is 79.9. The van der Waals surface area contributed by atoms with Crippen LogP contribution in [-0.2, 0) is 19.0 Å². The summed E-state index contributed by atoms with van der Waals surface area (Å²) in [5.41, 5.74) is 0. The number of carbonyl (C=O) groups excluding carboxylic acids is 1. The van der Waals surface area contributed by atoms with E-state index in [-0.39, 0.29) is 22.7 Å². The second-order valence-electron chi connectivity index (χ2n) is 5.44. The molecule has 4 atom stereocenters. The Hall–Kier alpha value is -0.130. The highest BCUT2D eigenvalue weighted by Crippen LogP contribution is 2.59.